The largest absolute Gasteiger partial charge is 0.335 e. The van der Waals surface area contributed by atoms with Crippen molar-refractivity contribution in [1.29, 1.82) is 0 Å². The number of aromatic nitrogens is 2. The van der Waals surface area contributed by atoms with Crippen LogP contribution in [-0.4, -0.2) is 101 Å². The molecule has 2 aliphatic rings. The maximum absolute atomic E-state index is 12.8. The summed E-state index contributed by atoms with van der Waals surface area (Å²) in [7, 11) is 3.59. The zero-order chi connectivity index (χ0) is 20.1. The van der Waals surface area contributed by atoms with Gasteiger partial charge in [-0.2, -0.15) is 5.10 Å². The minimum atomic E-state index is -0.0389. The Morgan fingerprint density at radius 2 is 1.93 bits per heavy atom. The number of rotatable bonds is 6. The van der Waals surface area contributed by atoms with Crippen LogP contribution < -0.4 is 0 Å². The van der Waals surface area contributed by atoms with Crippen LogP contribution in [0, 0.1) is 0 Å². The minimum absolute atomic E-state index is 0.0339. The lowest BCUT2D eigenvalue weighted by molar-refractivity contribution is 0.0767. The molecule has 2 fully saturated rings. The fraction of sp³-hybridized carbons (Fsp3) is 0.750. The molecule has 156 valence electrons. The summed E-state index contributed by atoms with van der Waals surface area (Å²) < 4.78 is 1.77. The summed E-state index contributed by atoms with van der Waals surface area (Å²) in [6.07, 6.45) is 6.46. The Kier molecular flexibility index (Phi) is 6.93. The molecule has 28 heavy (non-hydrogen) atoms. The first-order valence-electron chi connectivity index (χ1n) is 10.5. The van der Waals surface area contributed by atoms with Crippen LogP contribution in [0.25, 0.3) is 0 Å². The van der Waals surface area contributed by atoms with Crippen LogP contribution in [0.4, 0.5) is 4.79 Å². The third-order valence-electron chi connectivity index (χ3n) is 5.81. The molecule has 2 aliphatic heterocycles. The molecule has 3 heterocycles. The highest BCUT2D eigenvalue weighted by molar-refractivity contribution is 5.92. The van der Waals surface area contributed by atoms with E-state index >= 15 is 0 Å². The molecular formula is C20H34N6O2. The van der Waals surface area contributed by atoms with Crippen molar-refractivity contribution in [3.63, 3.8) is 0 Å². The van der Waals surface area contributed by atoms with Gasteiger partial charge in [-0.15, -0.1) is 0 Å². The number of likely N-dealkylation sites (tertiary alicyclic amines) is 2. The standard InChI is InChI=1S/C20H34N6O2/c1-4-25-13-9-18(21-25)19(27)24-12-8-17(16-24)26(20(28)22(2)3)15-14-23-10-6-5-7-11-23/h9,13,17H,4-8,10-12,14-16H2,1-3H3. The first kappa shape index (κ1) is 20.6. The van der Waals surface area contributed by atoms with E-state index in [0.717, 1.165) is 32.6 Å². The quantitative estimate of drug-likeness (QED) is 0.740. The van der Waals surface area contributed by atoms with Gasteiger partial charge in [-0.3, -0.25) is 9.48 Å². The normalized spacial score (nSPS) is 20.4. The second-order valence-corrected chi connectivity index (χ2v) is 8.02. The van der Waals surface area contributed by atoms with Gasteiger partial charge in [-0.1, -0.05) is 6.42 Å². The average Bonchev–Trinajstić information content (AvgIpc) is 3.38. The molecule has 3 amide bonds. The smallest absolute Gasteiger partial charge is 0.319 e. The Bertz CT molecular complexity index is 667. The molecule has 0 aliphatic carbocycles. The first-order chi connectivity index (χ1) is 13.5. The van der Waals surface area contributed by atoms with Gasteiger partial charge in [0.2, 0.25) is 0 Å². The van der Waals surface area contributed by atoms with Crippen molar-refractivity contribution in [3.8, 4) is 0 Å². The van der Waals surface area contributed by atoms with Gasteiger partial charge < -0.3 is 19.6 Å². The maximum Gasteiger partial charge on any atom is 0.319 e. The second kappa shape index (κ2) is 9.41. The summed E-state index contributed by atoms with van der Waals surface area (Å²) in [5, 5.41) is 4.33. The van der Waals surface area contributed by atoms with Gasteiger partial charge in [-0.25, -0.2) is 4.79 Å². The highest BCUT2D eigenvalue weighted by Crippen LogP contribution is 2.19. The van der Waals surface area contributed by atoms with Crippen LogP contribution in [0.2, 0.25) is 0 Å². The zero-order valence-electron chi connectivity index (χ0n) is 17.5. The fourth-order valence-corrected chi connectivity index (χ4v) is 4.12. The van der Waals surface area contributed by atoms with Gasteiger partial charge in [0, 0.05) is 53.0 Å². The number of carbonyl (C=O) groups is 2. The molecule has 1 unspecified atom stereocenters. The van der Waals surface area contributed by atoms with E-state index in [-0.39, 0.29) is 18.0 Å². The lowest BCUT2D eigenvalue weighted by atomic mass is 10.1. The molecule has 0 bridgehead atoms. The number of aryl methyl sites for hydroxylation is 1. The predicted octanol–water partition coefficient (Wildman–Crippen LogP) is 1.59. The molecule has 3 rings (SSSR count). The number of carbonyl (C=O) groups excluding carboxylic acids is 2. The van der Waals surface area contributed by atoms with Crippen molar-refractivity contribution < 1.29 is 9.59 Å². The minimum Gasteiger partial charge on any atom is -0.335 e. The Morgan fingerprint density at radius 3 is 2.57 bits per heavy atom. The molecule has 0 radical (unpaired) electrons. The SMILES string of the molecule is CCn1ccc(C(=O)N2CCC(N(CCN3CCCCC3)C(=O)N(C)C)C2)n1. The molecular weight excluding hydrogens is 356 g/mol. The molecule has 0 N–H and O–H groups in total. The molecule has 1 atom stereocenters. The van der Waals surface area contributed by atoms with Crippen LogP contribution in [-0.2, 0) is 6.54 Å². The van der Waals surface area contributed by atoms with Crippen LogP contribution in [0.1, 0.15) is 43.1 Å². The van der Waals surface area contributed by atoms with Gasteiger partial charge >= 0.3 is 6.03 Å². The Balaban J connectivity index is 1.61. The summed E-state index contributed by atoms with van der Waals surface area (Å²) in [5.74, 6) is -0.0389. The van der Waals surface area contributed by atoms with E-state index in [1.165, 1.54) is 19.3 Å². The summed E-state index contributed by atoms with van der Waals surface area (Å²) in [4.78, 5) is 33.5. The monoisotopic (exact) mass is 390 g/mol. The maximum atomic E-state index is 12.8. The molecule has 8 nitrogen and oxygen atoms in total. The van der Waals surface area contributed by atoms with Crippen molar-refractivity contribution >= 4 is 11.9 Å². The van der Waals surface area contributed by atoms with Crippen LogP contribution in [0.3, 0.4) is 0 Å². The lowest BCUT2D eigenvalue weighted by Gasteiger charge is -2.34. The molecule has 1 aromatic heterocycles. The Labute approximate surface area is 168 Å². The van der Waals surface area contributed by atoms with Gasteiger partial charge in [0.25, 0.3) is 5.91 Å². The highest BCUT2D eigenvalue weighted by atomic mass is 16.2. The van der Waals surface area contributed by atoms with Crippen molar-refractivity contribution in [1.82, 2.24) is 29.4 Å². The van der Waals surface area contributed by atoms with Gasteiger partial charge in [0.05, 0.1) is 6.04 Å². The number of hydrogen-bond acceptors (Lipinski definition) is 4. The number of amides is 3. The summed E-state index contributed by atoms with van der Waals surface area (Å²) >= 11 is 0. The van der Waals surface area contributed by atoms with Gasteiger partial charge in [0.1, 0.15) is 5.69 Å². The molecule has 8 heteroatoms. The summed E-state index contributed by atoms with van der Waals surface area (Å²) in [6, 6.07) is 1.88. The number of urea groups is 1. The average molecular weight is 391 g/mol. The number of nitrogens with zero attached hydrogens (tertiary/aromatic N) is 6. The first-order valence-corrected chi connectivity index (χ1v) is 10.5. The zero-order valence-corrected chi connectivity index (χ0v) is 17.5. The van der Waals surface area contributed by atoms with E-state index in [2.05, 4.69) is 10.00 Å². The molecule has 1 aromatic rings. The van der Waals surface area contributed by atoms with Crippen LogP contribution in [0.5, 0.6) is 0 Å². The Hall–Kier alpha value is -2.09. The van der Waals surface area contributed by atoms with Crippen LogP contribution in [0.15, 0.2) is 12.3 Å². The highest BCUT2D eigenvalue weighted by Gasteiger charge is 2.34. The van der Waals surface area contributed by atoms with Crippen molar-refractivity contribution in [3.05, 3.63) is 18.0 Å². The van der Waals surface area contributed by atoms with Crippen molar-refractivity contribution in [2.45, 2.75) is 45.2 Å². The van der Waals surface area contributed by atoms with E-state index in [1.807, 2.05) is 22.9 Å². The fourth-order valence-electron chi connectivity index (χ4n) is 4.12. The van der Waals surface area contributed by atoms with E-state index in [4.69, 9.17) is 0 Å². The van der Waals surface area contributed by atoms with E-state index in [9.17, 15) is 9.59 Å². The lowest BCUT2D eigenvalue weighted by Crippen LogP contribution is -2.50. The van der Waals surface area contributed by atoms with Crippen LogP contribution >= 0.6 is 0 Å². The second-order valence-electron chi connectivity index (χ2n) is 8.02. The third kappa shape index (κ3) is 4.84. The molecule has 0 spiro atoms. The van der Waals surface area contributed by atoms with Gasteiger partial charge in [-0.05, 0) is 45.3 Å². The Morgan fingerprint density at radius 1 is 1.18 bits per heavy atom. The molecule has 0 aromatic carbocycles. The van der Waals surface area contributed by atoms with E-state index < -0.39 is 0 Å². The predicted molar refractivity (Wildman–Crippen MR) is 108 cm³/mol. The van der Waals surface area contributed by atoms with Crippen molar-refractivity contribution in [2.24, 2.45) is 0 Å². The number of piperidine rings is 1. The summed E-state index contributed by atoms with van der Waals surface area (Å²) in [6.45, 7) is 7.87. The van der Waals surface area contributed by atoms with Crippen molar-refractivity contribution in [2.75, 3.05) is 53.4 Å². The van der Waals surface area contributed by atoms with E-state index in [0.29, 0.717) is 25.3 Å². The summed E-state index contributed by atoms with van der Waals surface area (Å²) in [5.41, 5.74) is 0.487. The number of hydrogen-bond donors (Lipinski definition) is 0. The topological polar surface area (TPSA) is 64.9 Å². The molecule has 2 saturated heterocycles. The van der Waals surface area contributed by atoms with Gasteiger partial charge in [0.15, 0.2) is 0 Å². The van der Waals surface area contributed by atoms with E-state index in [1.54, 1.807) is 29.7 Å². The third-order valence-corrected chi connectivity index (χ3v) is 5.81. The molecule has 0 saturated carbocycles.